The largest absolute Gasteiger partial charge is 0.464 e. The number of nitrogens with two attached hydrogens (primary N) is 1. The van der Waals surface area contributed by atoms with Gasteiger partial charge in [-0.25, -0.2) is 8.42 Å². The molecule has 0 saturated heterocycles. The highest BCUT2D eigenvalue weighted by Gasteiger charge is 2.42. The van der Waals surface area contributed by atoms with Crippen molar-refractivity contribution < 1.29 is 32.0 Å². The molecule has 1 aromatic heterocycles. The number of amides is 2. The van der Waals surface area contributed by atoms with Crippen molar-refractivity contribution in [3.8, 4) is 0 Å². The van der Waals surface area contributed by atoms with Gasteiger partial charge in [-0.1, -0.05) is 41.4 Å². The molecule has 2 heterocycles. The maximum absolute atomic E-state index is 14.1. The number of hydrogen-bond acceptors (Lipinski definition) is 7. The Morgan fingerprint density at radius 1 is 1.14 bits per heavy atom. The van der Waals surface area contributed by atoms with Gasteiger partial charge in [0, 0.05) is 23.8 Å². The van der Waals surface area contributed by atoms with Crippen molar-refractivity contribution in [2.45, 2.75) is 23.8 Å². The van der Waals surface area contributed by atoms with Crippen LogP contribution in [0.25, 0.3) is 11.0 Å². The van der Waals surface area contributed by atoms with E-state index in [4.69, 9.17) is 38.1 Å². The number of fused-ring (bicyclic) bond motifs is 2. The second-order valence-electron chi connectivity index (χ2n) is 10.0. The number of primary amides is 1. The van der Waals surface area contributed by atoms with E-state index in [-0.39, 0.29) is 39.9 Å². The smallest absolute Gasteiger partial charge is 0.311 e. The van der Waals surface area contributed by atoms with Gasteiger partial charge in [-0.05, 0) is 65.9 Å². The lowest BCUT2D eigenvalue weighted by atomic mass is 9.80. The molecule has 1 aliphatic rings. The van der Waals surface area contributed by atoms with Gasteiger partial charge in [0.1, 0.15) is 12.7 Å². The standard InChI is InChI=1S/C30H25Cl2N2O7S/c1-40-30(37)22(13-16-4-3-5-19(12-16)42(2,38)39)27-21-15-23(31)25(28(33)35)26(32)20(21)8-10-34(27)29(36)18-7-6-17-9-11-41-24(17)14-18/h3-7,9,11-12,14-15,22,27H,1,8,10,13H2,2H3,(H2,33,35)/t22-,27?/m0/s1. The van der Waals surface area contributed by atoms with E-state index in [1.54, 1.807) is 36.4 Å². The van der Waals surface area contributed by atoms with Gasteiger partial charge in [-0.2, -0.15) is 0 Å². The van der Waals surface area contributed by atoms with Crippen molar-refractivity contribution in [2.75, 3.05) is 12.8 Å². The van der Waals surface area contributed by atoms with Gasteiger partial charge in [-0.3, -0.25) is 14.4 Å². The summed E-state index contributed by atoms with van der Waals surface area (Å²) in [7, 11) is -0.229. The molecule has 5 rings (SSSR count). The molecule has 2 amide bonds. The molecule has 9 nitrogen and oxygen atoms in total. The number of benzene rings is 3. The summed E-state index contributed by atoms with van der Waals surface area (Å²) in [5.74, 6) is -3.04. The van der Waals surface area contributed by atoms with E-state index >= 15 is 0 Å². The molecule has 2 N–H and O–H groups in total. The predicted molar refractivity (Wildman–Crippen MR) is 157 cm³/mol. The third kappa shape index (κ3) is 5.49. The monoisotopic (exact) mass is 627 g/mol. The molecule has 1 unspecified atom stereocenters. The molecule has 0 spiro atoms. The molecule has 1 radical (unpaired) electrons. The summed E-state index contributed by atoms with van der Waals surface area (Å²) >= 11 is 13.1. The Hall–Kier alpha value is -3.86. The van der Waals surface area contributed by atoms with Gasteiger partial charge in [0.15, 0.2) is 9.84 Å². The Balaban J connectivity index is 1.68. The molecule has 2 atom stereocenters. The molecule has 1 aliphatic heterocycles. The number of hydrogen-bond donors (Lipinski definition) is 1. The van der Waals surface area contributed by atoms with Gasteiger partial charge >= 0.3 is 5.97 Å². The van der Waals surface area contributed by atoms with Crippen LogP contribution in [-0.4, -0.2) is 43.9 Å². The third-order valence-corrected chi connectivity index (χ3v) is 9.26. The van der Waals surface area contributed by atoms with Crippen LogP contribution in [0.5, 0.6) is 0 Å². The van der Waals surface area contributed by atoms with E-state index in [1.165, 1.54) is 29.4 Å². The van der Waals surface area contributed by atoms with Crippen molar-refractivity contribution in [1.82, 2.24) is 4.90 Å². The number of carbonyl (C=O) groups excluding carboxylic acids is 3. The van der Waals surface area contributed by atoms with Crippen LogP contribution in [0, 0.1) is 13.0 Å². The number of rotatable bonds is 7. The van der Waals surface area contributed by atoms with Crippen molar-refractivity contribution in [2.24, 2.45) is 11.7 Å². The molecule has 0 aliphatic carbocycles. The first kappa shape index (κ1) is 29.6. The summed E-state index contributed by atoms with van der Waals surface area (Å²) in [5, 5.41) is 0.817. The van der Waals surface area contributed by atoms with Crippen LogP contribution in [0.3, 0.4) is 0 Å². The Morgan fingerprint density at radius 3 is 2.60 bits per heavy atom. The topological polar surface area (TPSA) is 137 Å². The number of carbonyl (C=O) groups is 3. The first-order valence-electron chi connectivity index (χ1n) is 12.7. The van der Waals surface area contributed by atoms with Crippen molar-refractivity contribution in [3.05, 3.63) is 106 Å². The van der Waals surface area contributed by atoms with E-state index in [1.807, 2.05) is 0 Å². The fraction of sp³-hybridized carbons (Fsp3) is 0.200. The van der Waals surface area contributed by atoms with Crippen LogP contribution in [-0.2, 0) is 32.2 Å². The average molecular weight is 629 g/mol. The number of halogens is 2. The van der Waals surface area contributed by atoms with Crippen LogP contribution in [0.4, 0.5) is 0 Å². The van der Waals surface area contributed by atoms with Gasteiger partial charge < -0.3 is 19.8 Å². The molecular weight excluding hydrogens is 603 g/mol. The fourth-order valence-corrected chi connectivity index (χ4v) is 6.91. The number of nitrogens with zero attached hydrogens (tertiary/aromatic N) is 1. The normalized spacial score (nSPS) is 15.7. The Labute approximate surface area is 252 Å². The van der Waals surface area contributed by atoms with Crippen molar-refractivity contribution in [1.29, 1.82) is 0 Å². The predicted octanol–water partition coefficient (Wildman–Crippen LogP) is 5.18. The molecule has 0 fully saturated rings. The van der Waals surface area contributed by atoms with Gasteiger partial charge in [0.25, 0.3) is 11.8 Å². The fourth-order valence-electron chi connectivity index (χ4n) is 5.46. The summed E-state index contributed by atoms with van der Waals surface area (Å²) in [5.41, 5.74) is 7.76. The van der Waals surface area contributed by atoms with E-state index in [2.05, 4.69) is 7.11 Å². The molecule has 4 aromatic rings. The van der Waals surface area contributed by atoms with Gasteiger partial charge in [0.05, 0.1) is 38.7 Å². The maximum Gasteiger partial charge on any atom is 0.311 e. The maximum atomic E-state index is 14.1. The first-order chi connectivity index (χ1) is 19.9. The van der Waals surface area contributed by atoms with Crippen LogP contribution < -0.4 is 5.73 Å². The number of sulfone groups is 1. The van der Waals surface area contributed by atoms with Crippen LogP contribution in [0.15, 0.2) is 70.2 Å². The molecule has 42 heavy (non-hydrogen) atoms. The van der Waals surface area contributed by atoms with E-state index in [0.29, 0.717) is 27.8 Å². The van der Waals surface area contributed by atoms with Crippen molar-refractivity contribution in [3.63, 3.8) is 0 Å². The minimum absolute atomic E-state index is 0.0182. The Bertz CT molecular complexity index is 1850. The lowest BCUT2D eigenvalue weighted by Crippen LogP contribution is -2.46. The quantitative estimate of drug-likeness (QED) is 0.279. The summed E-state index contributed by atoms with van der Waals surface area (Å²) in [6, 6.07) is 13.5. The summed E-state index contributed by atoms with van der Waals surface area (Å²) < 4.78 is 34.9. The minimum Gasteiger partial charge on any atom is -0.464 e. The number of esters is 1. The molecule has 217 valence electrons. The first-order valence-corrected chi connectivity index (χ1v) is 15.4. The highest BCUT2D eigenvalue weighted by Crippen LogP contribution is 2.44. The second-order valence-corrected chi connectivity index (χ2v) is 12.8. The minimum atomic E-state index is -3.54. The highest BCUT2D eigenvalue weighted by molar-refractivity contribution is 7.90. The zero-order chi connectivity index (χ0) is 30.3. The Kier molecular flexibility index (Phi) is 8.06. The average Bonchev–Trinajstić information content (AvgIpc) is 3.42. The molecule has 12 heteroatoms. The zero-order valence-electron chi connectivity index (χ0n) is 22.3. The lowest BCUT2D eigenvalue weighted by molar-refractivity contribution is -0.145. The molecule has 0 saturated carbocycles. The van der Waals surface area contributed by atoms with Crippen molar-refractivity contribution >= 4 is 61.8 Å². The Morgan fingerprint density at radius 2 is 1.90 bits per heavy atom. The van der Waals surface area contributed by atoms with Gasteiger partial charge in [0.2, 0.25) is 0 Å². The van der Waals surface area contributed by atoms with E-state index < -0.39 is 39.6 Å². The number of ether oxygens (including phenoxy) is 1. The van der Waals surface area contributed by atoms with E-state index in [0.717, 1.165) is 11.6 Å². The van der Waals surface area contributed by atoms with Gasteiger partial charge in [-0.15, -0.1) is 0 Å². The summed E-state index contributed by atoms with van der Waals surface area (Å²) in [4.78, 5) is 41.2. The molecule has 0 bridgehead atoms. The highest BCUT2D eigenvalue weighted by atomic mass is 35.5. The molecule has 3 aromatic carbocycles. The van der Waals surface area contributed by atoms with E-state index in [9.17, 15) is 22.8 Å². The second kappa shape index (κ2) is 11.4. The summed E-state index contributed by atoms with van der Waals surface area (Å²) in [6.45, 7) is 0.122. The zero-order valence-corrected chi connectivity index (χ0v) is 24.6. The van der Waals surface area contributed by atoms with Crippen LogP contribution in [0.1, 0.15) is 43.4 Å². The van der Waals surface area contributed by atoms with Crippen LogP contribution >= 0.6 is 23.2 Å². The third-order valence-electron chi connectivity index (χ3n) is 7.43. The SMILES string of the molecule is [CH2]OC(=O)[C@@H](Cc1cccc(S(C)(=O)=O)c1)C1c2cc(Cl)c(C(N)=O)c(Cl)c2CCN1C(=O)c1ccc2ccoc2c1. The van der Waals surface area contributed by atoms with Crippen LogP contribution in [0.2, 0.25) is 10.0 Å². The molecular formula is C30H25Cl2N2O7S. The summed E-state index contributed by atoms with van der Waals surface area (Å²) in [6.07, 6.45) is 2.83. The number of furan rings is 1. The lowest BCUT2D eigenvalue weighted by Gasteiger charge is -2.41.